The molecule has 0 saturated carbocycles. The number of ketones is 2. The fourth-order valence-corrected chi connectivity index (χ4v) is 12.6. The van der Waals surface area contributed by atoms with Crippen LogP contribution in [0.3, 0.4) is 0 Å². The Bertz CT molecular complexity index is 3390. The van der Waals surface area contributed by atoms with Gasteiger partial charge in [0.1, 0.15) is 12.1 Å². The van der Waals surface area contributed by atoms with Crippen LogP contribution in [0.2, 0.25) is 0 Å². The summed E-state index contributed by atoms with van der Waals surface area (Å²) in [6.07, 6.45) is -1.30. The molecule has 2 aromatic heterocycles. The number of amides is 4. The first-order valence-electron chi connectivity index (χ1n) is 29.7. The third kappa shape index (κ3) is 17.5. The molecule has 6 aromatic carbocycles. The van der Waals surface area contributed by atoms with Gasteiger partial charge in [-0.05, 0) is 85.0 Å². The molecule has 6 atom stereocenters. The van der Waals surface area contributed by atoms with Gasteiger partial charge < -0.3 is 40.4 Å². The lowest BCUT2D eigenvalue weighted by atomic mass is 9.84. The molecule has 0 radical (unpaired) electrons. The normalized spacial score (nSPS) is 16.4. The van der Waals surface area contributed by atoms with Crippen molar-refractivity contribution in [1.29, 1.82) is 0 Å². The van der Waals surface area contributed by atoms with Crippen molar-refractivity contribution < 1.29 is 39.0 Å². The molecule has 10 rings (SSSR count). The minimum absolute atomic E-state index is 0.0196. The van der Waals surface area contributed by atoms with Gasteiger partial charge in [-0.3, -0.25) is 28.8 Å². The van der Waals surface area contributed by atoms with Crippen LogP contribution in [-0.4, -0.2) is 140 Å². The zero-order valence-corrected chi connectivity index (χ0v) is 51.7. The van der Waals surface area contributed by atoms with Gasteiger partial charge in [-0.2, -0.15) is 0 Å². The SMILES string of the molecule is Cc1nc(CN(C)C(=O)c2cccc(C(=O)C[C@@H](Cc3ccccc3)[C@H](O)C3NCCN(Cc4ccccc4)C3=O)c2)cs1.Cc1nc(CN(C)C(=O)c2cccc(C(=O)C[C@@H](Cc3ccccc3)[C@H](O)C3NCCN(Cc4ccccc4)C3=O)c2)cs1. The predicted molar refractivity (Wildman–Crippen MR) is 343 cm³/mol. The van der Waals surface area contributed by atoms with Crippen LogP contribution in [0.5, 0.6) is 0 Å². The van der Waals surface area contributed by atoms with E-state index < -0.39 is 36.1 Å². The number of carbonyl (C=O) groups is 6. The lowest BCUT2D eigenvalue weighted by Gasteiger charge is -2.38. The summed E-state index contributed by atoms with van der Waals surface area (Å²) in [6, 6.07) is 50.7. The molecule has 4 heterocycles. The molecule has 18 heteroatoms. The van der Waals surface area contributed by atoms with Gasteiger partial charge >= 0.3 is 0 Å². The second-order valence-electron chi connectivity index (χ2n) is 22.7. The number of aryl methyl sites for hydroxylation is 2. The van der Waals surface area contributed by atoms with E-state index in [2.05, 4.69) is 20.6 Å². The summed E-state index contributed by atoms with van der Waals surface area (Å²) in [7, 11) is 3.43. The Morgan fingerprint density at radius 2 is 0.852 bits per heavy atom. The highest BCUT2D eigenvalue weighted by Crippen LogP contribution is 2.27. The van der Waals surface area contributed by atoms with E-state index in [0.29, 0.717) is 87.5 Å². The van der Waals surface area contributed by atoms with Gasteiger partial charge in [0.25, 0.3) is 11.8 Å². The van der Waals surface area contributed by atoms with Crippen molar-refractivity contribution in [3.8, 4) is 0 Å². The minimum atomic E-state index is -1.09. The lowest BCUT2D eigenvalue weighted by Crippen LogP contribution is -2.60. The van der Waals surface area contributed by atoms with Crippen molar-refractivity contribution in [2.45, 2.75) is 90.0 Å². The molecule has 0 bridgehead atoms. The third-order valence-electron chi connectivity index (χ3n) is 16.0. The van der Waals surface area contributed by atoms with Gasteiger partial charge in [0.2, 0.25) is 11.8 Å². The Balaban J connectivity index is 0.000000209. The molecule has 0 aliphatic carbocycles. The van der Waals surface area contributed by atoms with Gasteiger partial charge in [-0.25, -0.2) is 9.97 Å². The van der Waals surface area contributed by atoms with Crippen LogP contribution in [-0.2, 0) is 48.6 Å². The van der Waals surface area contributed by atoms with E-state index in [9.17, 15) is 39.0 Å². The van der Waals surface area contributed by atoms with Crippen molar-refractivity contribution in [2.24, 2.45) is 11.8 Å². The lowest BCUT2D eigenvalue weighted by molar-refractivity contribution is -0.141. The number of aromatic nitrogens is 2. The molecule has 16 nitrogen and oxygen atoms in total. The molecule has 2 unspecified atom stereocenters. The van der Waals surface area contributed by atoms with E-state index in [1.807, 2.05) is 146 Å². The van der Waals surface area contributed by atoms with E-state index in [1.165, 1.54) is 22.7 Å². The van der Waals surface area contributed by atoms with Crippen LogP contribution < -0.4 is 10.6 Å². The number of nitrogens with zero attached hydrogens (tertiary/aromatic N) is 6. The van der Waals surface area contributed by atoms with Crippen molar-refractivity contribution >= 4 is 57.9 Å². The molecular weight excluding hydrogens is 1140 g/mol. The first-order valence-corrected chi connectivity index (χ1v) is 31.5. The first kappa shape index (κ1) is 64.1. The second-order valence-corrected chi connectivity index (χ2v) is 24.8. The molecular formula is C70H76N8O8S2. The topological polar surface area (TPSA) is 206 Å². The van der Waals surface area contributed by atoms with Crippen LogP contribution in [0.25, 0.3) is 0 Å². The molecule has 2 aliphatic rings. The summed E-state index contributed by atoms with van der Waals surface area (Å²) in [5.41, 5.74) is 7.23. The van der Waals surface area contributed by atoms with Crippen LogP contribution in [0, 0.1) is 25.7 Å². The second kappa shape index (κ2) is 31.0. The number of aliphatic hydroxyl groups is 2. The minimum Gasteiger partial charge on any atom is -0.391 e. The Hall–Kier alpha value is -8.36. The Labute approximate surface area is 522 Å². The number of nitrogens with one attached hydrogen (secondary N) is 2. The monoisotopic (exact) mass is 1220 g/mol. The molecule has 2 fully saturated rings. The fraction of sp³-hybridized carbons (Fsp3) is 0.314. The maximum absolute atomic E-state index is 13.7. The molecule has 2 saturated heterocycles. The summed E-state index contributed by atoms with van der Waals surface area (Å²) in [5.74, 6) is -2.21. The van der Waals surface area contributed by atoms with Crippen LogP contribution >= 0.6 is 22.7 Å². The molecule has 0 spiro atoms. The van der Waals surface area contributed by atoms with Gasteiger partial charge in [-0.1, -0.05) is 146 Å². The standard InChI is InChI=1S/2C35H38N4O4S/c2*1-24-37-30(23-44-24)22-38(2)34(42)28-15-9-14-27(19-28)31(40)20-29(18-25-10-5-3-6-11-25)33(41)32-35(43)39(17-16-36-32)21-26-12-7-4-8-13-26/h2*3-15,19,23,29,32-33,36,41H,16-18,20-22H2,1-2H3/t2*29-,32?,33+/m11/s1. The molecule has 2 aliphatic heterocycles. The van der Waals surface area contributed by atoms with Crippen molar-refractivity contribution in [2.75, 3.05) is 40.3 Å². The summed E-state index contributed by atoms with van der Waals surface area (Å²) < 4.78 is 0. The molecule has 456 valence electrons. The van der Waals surface area contributed by atoms with E-state index in [1.54, 1.807) is 82.2 Å². The van der Waals surface area contributed by atoms with Gasteiger partial charge in [0, 0.05) is 99.2 Å². The van der Waals surface area contributed by atoms with Crippen LogP contribution in [0.15, 0.2) is 181 Å². The number of aliphatic hydroxyl groups excluding tert-OH is 2. The highest BCUT2D eigenvalue weighted by Gasteiger charge is 2.40. The Morgan fingerprint density at radius 3 is 1.19 bits per heavy atom. The maximum atomic E-state index is 13.7. The summed E-state index contributed by atoms with van der Waals surface area (Å²) >= 11 is 3.07. The first-order chi connectivity index (χ1) is 42.6. The largest absolute Gasteiger partial charge is 0.391 e. The summed E-state index contributed by atoms with van der Waals surface area (Å²) in [5, 5.41) is 35.5. The number of thiazole rings is 2. The van der Waals surface area contributed by atoms with Crippen molar-refractivity contribution in [1.82, 2.24) is 40.2 Å². The zero-order valence-electron chi connectivity index (χ0n) is 50.1. The molecule has 4 amide bonds. The van der Waals surface area contributed by atoms with Crippen LogP contribution in [0.1, 0.15) is 97.9 Å². The van der Waals surface area contributed by atoms with E-state index in [-0.39, 0.29) is 48.0 Å². The van der Waals surface area contributed by atoms with E-state index in [4.69, 9.17) is 0 Å². The quantitative estimate of drug-likeness (QED) is 0.0419. The highest BCUT2D eigenvalue weighted by molar-refractivity contribution is 7.09. The Kier molecular flexibility index (Phi) is 22.6. The molecule has 8 aromatic rings. The Morgan fingerprint density at radius 1 is 0.511 bits per heavy atom. The smallest absolute Gasteiger partial charge is 0.253 e. The van der Waals surface area contributed by atoms with Gasteiger partial charge in [-0.15, -0.1) is 22.7 Å². The zero-order chi connectivity index (χ0) is 62.1. The van der Waals surface area contributed by atoms with Crippen molar-refractivity contribution in [3.05, 3.63) is 247 Å². The fourth-order valence-electron chi connectivity index (χ4n) is 11.4. The number of piperazine rings is 2. The number of carbonyl (C=O) groups excluding carboxylic acids is 6. The van der Waals surface area contributed by atoms with E-state index >= 15 is 0 Å². The maximum Gasteiger partial charge on any atom is 0.253 e. The predicted octanol–water partition coefficient (Wildman–Crippen LogP) is 9.03. The number of Topliss-reactive ketones (excluding diaryl/α,β-unsaturated/α-hetero) is 2. The molecule has 88 heavy (non-hydrogen) atoms. The van der Waals surface area contributed by atoms with Gasteiger partial charge in [0.15, 0.2) is 11.6 Å². The third-order valence-corrected chi connectivity index (χ3v) is 17.6. The summed E-state index contributed by atoms with van der Waals surface area (Å²) in [6.45, 7) is 7.69. The van der Waals surface area contributed by atoms with Crippen LogP contribution in [0.4, 0.5) is 0 Å². The van der Waals surface area contributed by atoms with E-state index in [0.717, 1.165) is 43.7 Å². The average molecular weight is 1220 g/mol. The molecule has 4 N–H and O–H groups in total. The van der Waals surface area contributed by atoms with Crippen molar-refractivity contribution in [3.63, 3.8) is 0 Å². The summed E-state index contributed by atoms with van der Waals surface area (Å²) in [4.78, 5) is 96.5. The number of rotatable bonds is 24. The number of benzene rings is 6. The average Bonchev–Trinajstić information content (AvgIpc) is 4.35. The highest BCUT2D eigenvalue weighted by atomic mass is 32.1. The van der Waals surface area contributed by atoms with Gasteiger partial charge in [0.05, 0.1) is 46.7 Å². The number of hydrogen-bond acceptors (Lipinski definition) is 14. The number of hydrogen-bond donors (Lipinski definition) is 4.